The summed E-state index contributed by atoms with van der Waals surface area (Å²) in [6.45, 7) is 7.28. The normalized spacial score (nSPS) is 15.3. The van der Waals surface area contributed by atoms with Crippen molar-refractivity contribution in [3.8, 4) is 0 Å². The Labute approximate surface area is 210 Å². The molecule has 0 radical (unpaired) electrons. The predicted octanol–water partition coefficient (Wildman–Crippen LogP) is -0.824. The summed E-state index contributed by atoms with van der Waals surface area (Å²) in [5.41, 5.74) is 11.7. The second kappa shape index (κ2) is 14.8. The molecule has 0 bridgehead atoms. The van der Waals surface area contributed by atoms with Crippen LogP contribution in [0.3, 0.4) is 0 Å². The number of H-pyrrole nitrogens is 1. The van der Waals surface area contributed by atoms with Gasteiger partial charge < -0.3 is 37.5 Å². The van der Waals surface area contributed by atoms with Gasteiger partial charge in [-0.25, -0.2) is 9.78 Å². The van der Waals surface area contributed by atoms with E-state index < -0.39 is 53.8 Å². The van der Waals surface area contributed by atoms with Gasteiger partial charge in [-0.1, -0.05) is 34.1 Å². The third-order valence-electron chi connectivity index (χ3n) is 5.76. The molecule has 0 aliphatic rings. The lowest BCUT2D eigenvalue weighted by atomic mass is 9.98. The summed E-state index contributed by atoms with van der Waals surface area (Å²) in [6, 6.07) is -4.42. The minimum absolute atomic E-state index is 0.0285. The molecule has 9 N–H and O–H groups in total. The number of aliphatic carboxylic acids is 1. The average molecular weight is 510 g/mol. The summed E-state index contributed by atoms with van der Waals surface area (Å²) >= 11 is 0. The van der Waals surface area contributed by atoms with Gasteiger partial charge in [-0.15, -0.1) is 0 Å². The number of aromatic amines is 1. The van der Waals surface area contributed by atoms with E-state index in [9.17, 15) is 29.1 Å². The number of rotatable bonds is 16. The van der Waals surface area contributed by atoms with Gasteiger partial charge in [0.15, 0.2) is 0 Å². The van der Waals surface area contributed by atoms with Gasteiger partial charge in [-0.2, -0.15) is 0 Å². The van der Waals surface area contributed by atoms with Crippen molar-refractivity contribution in [3.05, 3.63) is 18.2 Å². The van der Waals surface area contributed by atoms with Gasteiger partial charge >= 0.3 is 5.97 Å². The topological polar surface area (TPSA) is 222 Å². The Hall–Kier alpha value is -3.48. The van der Waals surface area contributed by atoms with Gasteiger partial charge in [0.1, 0.15) is 18.1 Å². The second-order valence-corrected chi connectivity index (χ2v) is 9.35. The van der Waals surface area contributed by atoms with Crippen LogP contribution in [-0.2, 0) is 30.4 Å². The number of amides is 4. The lowest BCUT2D eigenvalue weighted by Gasteiger charge is -2.26. The lowest BCUT2D eigenvalue weighted by Crippen LogP contribution is -2.58. The molecule has 13 nitrogen and oxygen atoms in total. The molecule has 0 fully saturated rings. The van der Waals surface area contributed by atoms with Crippen LogP contribution in [0.1, 0.15) is 59.1 Å². The molecule has 0 saturated carbocycles. The molecule has 202 valence electrons. The Morgan fingerprint density at radius 3 is 2.14 bits per heavy atom. The molecule has 5 atom stereocenters. The molecule has 0 spiro atoms. The zero-order valence-corrected chi connectivity index (χ0v) is 21.2. The fourth-order valence-electron chi connectivity index (χ4n) is 3.48. The SMILES string of the molecule is CCC(C)C(NC(=O)C(CCC(N)=O)NC(=O)C(Cc1cnc[nH]1)NC(=O)C(N)CC(C)C)C(=O)O. The van der Waals surface area contributed by atoms with E-state index in [1.807, 2.05) is 13.8 Å². The van der Waals surface area contributed by atoms with E-state index in [0.717, 1.165) is 0 Å². The highest BCUT2D eigenvalue weighted by Gasteiger charge is 2.32. The summed E-state index contributed by atoms with van der Waals surface area (Å²) in [6.07, 6.45) is 3.45. The molecule has 1 aromatic heterocycles. The summed E-state index contributed by atoms with van der Waals surface area (Å²) in [7, 11) is 0. The van der Waals surface area contributed by atoms with Gasteiger partial charge in [-0.3, -0.25) is 19.2 Å². The molecule has 5 unspecified atom stereocenters. The van der Waals surface area contributed by atoms with Crippen molar-refractivity contribution < 1.29 is 29.1 Å². The van der Waals surface area contributed by atoms with Crippen LogP contribution in [0.4, 0.5) is 0 Å². The van der Waals surface area contributed by atoms with Crippen molar-refractivity contribution in [2.45, 2.75) is 84.0 Å². The molecule has 36 heavy (non-hydrogen) atoms. The monoisotopic (exact) mass is 509 g/mol. The largest absolute Gasteiger partial charge is 0.480 e. The first-order valence-electron chi connectivity index (χ1n) is 12.0. The van der Waals surface area contributed by atoms with E-state index in [1.165, 1.54) is 12.5 Å². The van der Waals surface area contributed by atoms with Crippen molar-refractivity contribution in [3.63, 3.8) is 0 Å². The van der Waals surface area contributed by atoms with E-state index in [2.05, 4.69) is 25.9 Å². The van der Waals surface area contributed by atoms with Crippen LogP contribution in [0.2, 0.25) is 0 Å². The highest BCUT2D eigenvalue weighted by atomic mass is 16.4. The van der Waals surface area contributed by atoms with Gasteiger partial charge in [-0.05, 0) is 24.7 Å². The zero-order chi connectivity index (χ0) is 27.4. The van der Waals surface area contributed by atoms with Crippen molar-refractivity contribution in [1.82, 2.24) is 25.9 Å². The molecular formula is C23H39N7O6. The molecule has 4 amide bonds. The maximum atomic E-state index is 13.2. The first-order valence-corrected chi connectivity index (χ1v) is 12.0. The number of carboxylic acids is 1. The Bertz CT molecular complexity index is 890. The van der Waals surface area contributed by atoms with Crippen LogP contribution in [0.25, 0.3) is 0 Å². The number of imidazole rings is 1. The number of hydrogen-bond donors (Lipinski definition) is 7. The van der Waals surface area contributed by atoms with Crippen molar-refractivity contribution in [2.75, 3.05) is 0 Å². The van der Waals surface area contributed by atoms with Crippen LogP contribution in [0.5, 0.6) is 0 Å². The molecule has 1 aromatic rings. The quantitative estimate of drug-likeness (QED) is 0.149. The Kier molecular flexibility index (Phi) is 12.6. The van der Waals surface area contributed by atoms with Crippen LogP contribution in [-0.4, -0.2) is 68.8 Å². The maximum Gasteiger partial charge on any atom is 0.326 e. The summed E-state index contributed by atoms with van der Waals surface area (Å²) in [5.74, 6) is -4.17. The van der Waals surface area contributed by atoms with Crippen LogP contribution < -0.4 is 27.4 Å². The number of aromatic nitrogens is 2. The molecule has 1 heterocycles. The first-order chi connectivity index (χ1) is 16.8. The molecule has 0 aliphatic heterocycles. The number of primary amides is 1. The highest BCUT2D eigenvalue weighted by molar-refractivity contribution is 5.94. The number of nitrogens with zero attached hydrogens (tertiary/aromatic N) is 1. The van der Waals surface area contributed by atoms with Gasteiger partial charge in [0, 0.05) is 24.7 Å². The summed E-state index contributed by atoms with van der Waals surface area (Å²) in [4.78, 5) is 68.6. The minimum atomic E-state index is -1.26. The van der Waals surface area contributed by atoms with E-state index in [0.29, 0.717) is 18.5 Å². The smallest absolute Gasteiger partial charge is 0.326 e. The highest BCUT2D eigenvalue weighted by Crippen LogP contribution is 2.10. The molecule has 13 heteroatoms. The standard InChI is InChI=1S/C23H39N7O6/c1-5-13(4)19(23(35)36)30-21(33)16(6-7-18(25)31)28-22(34)17(9-14-10-26-11-27-14)29-20(32)15(24)8-12(2)3/h10-13,15-17,19H,5-9,24H2,1-4H3,(H2,25,31)(H,26,27)(H,28,34)(H,29,32)(H,30,33)(H,35,36). The maximum absolute atomic E-state index is 13.2. The fourth-order valence-corrected chi connectivity index (χ4v) is 3.48. The number of carboxylic acid groups (broad SMARTS) is 1. The van der Waals surface area contributed by atoms with Gasteiger partial charge in [0.05, 0.1) is 12.4 Å². The van der Waals surface area contributed by atoms with E-state index >= 15 is 0 Å². The number of carbonyl (C=O) groups excluding carboxylic acids is 4. The lowest BCUT2D eigenvalue weighted by molar-refractivity contribution is -0.144. The van der Waals surface area contributed by atoms with Crippen LogP contribution in [0, 0.1) is 11.8 Å². The molecule has 0 aromatic carbocycles. The Morgan fingerprint density at radius 2 is 1.64 bits per heavy atom. The van der Waals surface area contributed by atoms with E-state index in [4.69, 9.17) is 11.5 Å². The van der Waals surface area contributed by atoms with E-state index in [-0.39, 0.29) is 31.1 Å². The predicted molar refractivity (Wildman–Crippen MR) is 131 cm³/mol. The summed E-state index contributed by atoms with van der Waals surface area (Å²) < 4.78 is 0. The van der Waals surface area contributed by atoms with Crippen molar-refractivity contribution in [1.29, 1.82) is 0 Å². The van der Waals surface area contributed by atoms with Crippen molar-refractivity contribution >= 4 is 29.6 Å². The Morgan fingerprint density at radius 1 is 1.03 bits per heavy atom. The Balaban J connectivity index is 3.10. The average Bonchev–Trinajstić information content (AvgIpc) is 3.31. The number of nitrogens with one attached hydrogen (secondary N) is 4. The van der Waals surface area contributed by atoms with Gasteiger partial charge in [0.2, 0.25) is 23.6 Å². The zero-order valence-electron chi connectivity index (χ0n) is 21.2. The number of carbonyl (C=O) groups is 5. The third-order valence-corrected chi connectivity index (χ3v) is 5.76. The number of hydrogen-bond acceptors (Lipinski definition) is 7. The summed E-state index contributed by atoms with van der Waals surface area (Å²) in [5, 5.41) is 17.1. The molecular weight excluding hydrogens is 470 g/mol. The number of nitrogens with two attached hydrogens (primary N) is 2. The minimum Gasteiger partial charge on any atom is -0.480 e. The van der Waals surface area contributed by atoms with E-state index in [1.54, 1.807) is 13.8 Å². The molecule has 1 rings (SSSR count). The van der Waals surface area contributed by atoms with Crippen LogP contribution >= 0.6 is 0 Å². The van der Waals surface area contributed by atoms with Crippen molar-refractivity contribution in [2.24, 2.45) is 23.3 Å². The van der Waals surface area contributed by atoms with Crippen LogP contribution in [0.15, 0.2) is 12.5 Å². The first kappa shape index (κ1) is 30.6. The van der Waals surface area contributed by atoms with Gasteiger partial charge in [0.25, 0.3) is 0 Å². The fraction of sp³-hybridized carbons (Fsp3) is 0.652. The molecule has 0 saturated heterocycles. The third kappa shape index (κ3) is 10.4. The molecule has 0 aliphatic carbocycles. The second-order valence-electron chi connectivity index (χ2n) is 9.35.